The summed E-state index contributed by atoms with van der Waals surface area (Å²) in [4.78, 5) is 0. The number of hydrogen-bond acceptors (Lipinski definition) is 1. The van der Waals surface area contributed by atoms with E-state index in [1.165, 1.54) is 12.1 Å². The monoisotopic (exact) mass is 179 g/mol. The van der Waals surface area contributed by atoms with Gasteiger partial charge >= 0.3 is 0 Å². The van der Waals surface area contributed by atoms with Crippen LogP contribution in [0, 0.1) is 5.82 Å². The van der Waals surface area contributed by atoms with Gasteiger partial charge in [-0.15, -0.1) is 0 Å². The highest BCUT2D eigenvalue weighted by atomic mass is 19.1. The van der Waals surface area contributed by atoms with Gasteiger partial charge in [-0.25, -0.2) is 9.71 Å². The second kappa shape index (κ2) is 3.85. The summed E-state index contributed by atoms with van der Waals surface area (Å²) in [7, 11) is 0. The number of nitrogens with one attached hydrogen (secondary N) is 1. The van der Waals surface area contributed by atoms with E-state index in [4.69, 9.17) is 0 Å². The van der Waals surface area contributed by atoms with Gasteiger partial charge in [0.1, 0.15) is 5.82 Å². The molecule has 1 fully saturated rings. The molecule has 1 unspecified atom stereocenters. The van der Waals surface area contributed by atoms with Crippen molar-refractivity contribution in [1.29, 1.82) is 0 Å². The number of nitrogens with zero attached hydrogens (tertiary/aromatic N) is 1. The Kier molecular flexibility index (Phi) is 2.57. The van der Waals surface area contributed by atoms with Gasteiger partial charge in [-0.05, 0) is 17.7 Å². The Labute approximate surface area is 77.2 Å². The molecule has 1 heterocycles. The van der Waals surface area contributed by atoms with E-state index in [1.54, 1.807) is 0 Å². The molecule has 0 amide bonds. The number of hydrogen-bond donors (Lipinski definition) is 1. The Hall–Kier alpha value is -0.930. The fourth-order valence-corrected chi connectivity index (χ4v) is 1.52. The van der Waals surface area contributed by atoms with E-state index in [0.717, 1.165) is 25.2 Å². The molecule has 2 nitrogen and oxygen atoms in total. The zero-order valence-corrected chi connectivity index (χ0v) is 7.33. The summed E-state index contributed by atoms with van der Waals surface area (Å²) in [6.45, 7) is 2.60. The van der Waals surface area contributed by atoms with Crippen molar-refractivity contribution in [1.82, 2.24) is 10.6 Å². The average molecular weight is 179 g/mol. The first-order valence-electron chi connectivity index (χ1n) is 4.48. The SMILES string of the molecule is Fc1ccc(C2C[N]CCN2)cc1. The second-order valence-electron chi connectivity index (χ2n) is 3.19. The van der Waals surface area contributed by atoms with Gasteiger partial charge in [0.15, 0.2) is 0 Å². The van der Waals surface area contributed by atoms with Crippen LogP contribution in [0.5, 0.6) is 0 Å². The Morgan fingerprint density at radius 1 is 1.31 bits per heavy atom. The molecule has 0 aliphatic carbocycles. The summed E-state index contributed by atoms with van der Waals surface area (Å²) in [5.74, 6) is -0.184. The van der Waals surface area contributed by atoms with Crippen molar-refractivity contribution in [2.75, 3.05) is 19.6 Å². The third-order valence-corrected chi connectivity index (χ3v) is 2.24. The fourth-order valence-electron chi connectivity index (χ4n) is 1.52. The number of benzene rings is 1. The molecule has 1 aromatic carbocycles. The molecular formula is C10H12FN2. The van der Waals surface area contributed by atoms with E-state index in [0.29, 0.717) is 0 Å². The van der Waals surface area contributed by atoms with Crippen molar-refractivity contribution in [2.24, 2.45) is 0 Å². The van der Waals surface area contributed by atoms with Crippen LogP contribution in [-0.2, 0) is 0 Å². The molecule has 13 heavy (non-hydrogen) atoms. The minimum absolute atomic E-state index is 0.184. The first-order valence-corrected chi connectivity index (χ1v) is 4.48. The lowest BCUT2D eigenvalue weighted by molar-refractivity contribution is 0.423. The molecule has 1 saturated heterocycles. The minimum atomic E-state index is -0.184. The first kappa shape index (κ1) is 8.66. The van der Waals surface area contributed by atoms with Crippen LogP contribution in [0.3, 0.4) is 0 Å². The molecule has 0 bridgehead atoms. The zero-order chi connectivity index (χ0) is 9.10. The van der Waals surface area contributed by atoms with Crippen LogP contribution in [-0.4, -0.2) is 19.6 Å². The lowest BCUT2D eigenvalue weighted by Crippen LogP contribution is -2.38. The fraction of sp³-hybridized carbons (Fsp3) is 0.400. The molecule has 69 valence electrons. The minimum Gasteiger partial charge on any atom is -0.307 e. The molecule has 3 heteroatoms. The van der Waals surface area contributed by atoms with Crippen molar-refractivity contribution in [3.63, 3.8) is 0 Å². The lowest BCUT2D eigenvalue weighted by Gasteiger charge is -2.23. The van der Waals surface area contributed by atoms with Crippen LogP contribution in [0.1, 0.15) is 11.6 Å². The van der Waals surface area contributed by atoms with Crippen molar-refractivity contribution in [3.05, 3.63) is 35.6 Å². The van der Waals surface area contributed by atoms with Gasteiger partial charge in [0.25, 0.3) is 0 Å². The molecular weight excluding hydrogens is 167 g/mol. The van der Waals surface area contributed by atoms with Crippen LogP contribution in [0.15, 0.2) is 24.3 Å². The third kappa shape index (κ3) is 2.05. The first-order chi connectivity index (χ1) is 6.36. The van der Waals surface area contributed by atoms with Crippen LogP contribution >= 0.6 is 0 Å². The molecule has 1 N–H and O–H groups in total. The second-order valence-corrected chi connectivity index (χ2v) is 3.19. The Morgan fingerprint density at radius 3 is 2.69 bits per heavy atom. The molecule has 0 spiro atoms. The van der Waals surface area contributed by atoms with E-state index in [-0.39, 0.29) is 11.9 Å². The summed E-state index contributed by atoms with van der Waals surface area (Å²) in [6.07, 6.45) is 0. The summed E-state index contributed by atoms with van der Waals surface area (Å²) >= 11 is 0. The van der Waals surface area contributed by atoms with E-state index >= 15 is 0 Å². The van der Waals surface area contributed by atoms with E-state index < -0.39 is 0 Å². The molecule has 1 radical (unpaired) electrons. The maximum Gasteiger partial charge on any atom is 0.123 e. The molecule has 0 saturated carbocycles. The Balaban J connectivity index is 2.10. The highest BCUT2D eigenvalue weighted by molar-refractivity contribution is 5.20. The van der Waals surface area contributed by atoms with Crippen molar-refractivity contribution in [3.8, 4) is 0 Å². The third-order valence-electron chi connectivity index (χ3n) is 2.24. The van der Waals surface area contributed by atoms with Gasteiger partial charge in [0.2, 0.25) is 0 Å². The predicted molar refractivity (Wildman–Crippen MR) is 49.0 cm³/mol. The van der Waals surface area contributed by atoms with E-state index in [9.17, 15) is 4.39 Å². The Bertz CT molecular complexity index is 265. The van der Waals surface area contributed by atoms with Crippen LogP contribution in [0.4, 0.5) is 4.39 Å². The molecule has 1 atom stereocenters. The lowest BCUT2D eigenvalue weighted by atomic mass is 10.1. The molecule has 1 aliphatic rings. The number of rotatable bonds is 1. The van der Waals surface area contributed by atoms with Gasteiger partial charge in [-0.3, -0.25) is 0 Å². The topological polar surface area (TPSA) is 26.1 Å². The average Bonchev–Trinajstić information content (AvgIpc) is 2.20. The van der Waals surface area contributed by atoms with Crippen molar-refractivity contribution < 1.29 is 4.39 Å². The molecule has 1 aromatic rings. The molecule has 2 rings (SSSR count). The van der Waals surface area contributed by atoms with Crippen molar-refractivity contribution >= 4 is 0 Å². The van der Waals surface area contributed by atoms with Crippen LogP contribution in [0.2, 0.25) is 0 Å². The van der Waals surface area contributed by atoms with Gasteiger partial charge in [0, 0.05) is 25.7 Å². The van der Waals surface area contributed by atoms with Crippen LogP contribution < -0.4 is 10.6 Å². The summed E-state index contributed by atoms with van der Waals surface area (Å²) in [6, 6.07) is 6.88. The van der Waals surface area contributed by atoms with Gasteiger partial charge in [0.05, 0.1) is 0 Å². The maximum absolute atomic E-state index is 12.6. The summed E-state index contributed by atoms with van der Waals surface area (Å²) in [5, 5.41) is 7.64. The number of halogens is 1. The van der Waals surface area contributed by atoms with E-state index in [2.05, 4.69) is 10.6 Å². The van der Waals surface area contributed by atoms with Crippen LogP contribution in [0.25, 0.3) is 0 Å². The zero-order valence-electron chi connectivity index (χ0n) is 7.33. The maximum atomic E-state index is 12.6. The summed E-state index contributed by atoms with van der Waals surface area (Å²) in [5.41, 5.74) is 1.12. The largest absolute Gasteiger partial charge is 0.307 e. The highest BCUT2D eigenvalue weighted by Gasteiger charge is 2.14. The molecule has 0 aromatic heterocycles. The summed E-state index contributed by atoms with van der Waals surface area (Å²) < 4.78 is 12.6. The Morgan fingerprint density at radius 2 is 2.08 bits per heavy atom. The molecule has 1 aliphatic heterocycles. The normalized spacial score (nSPS) is 23.0. The van der Waals surface area contributed by atoms with Gasteiger partial charge < -0.3 is 5.32 Å². The number of piperazine rings is 1. The predicted octanol–water partition coefficient (Wildman–Crippen LogP) is 1.07. The van der Waals surface area contributed by atoms with Gasteiger partial charge in [-0.2, -0.15) is 0 Å². The smallest absolute Gasteiger partial charge is 0.123 e. The van der Waals surface area contributed by atoms with E-state index in [1.807, 2.05) is 12.1 Å². The standard InChI is InChI=1S/C10H12FN2/c11-9-3-1-8(2-4-9)10-7-12-5-6-13-10/h1-4,10,13H,5-7H2. The van der Waals surface area contributed by atoms with Crippen molar-refractivity contribution in [2.45, 2.75) is 6.04 Å². The van der Waals surface area contributed by atoms with Gasteiger partial charge in [-0.1, -0.05) is 12.1 Å². The quantitative estimate of drug-likeness (QED) is 0.685. The highest BCUT2D eigenvalue weighted by Crippen LogP contribution is 2.14.